The van der Waals surface area contributed by atoms with Crippen LogP contribution in [0.15, 0.2) is 22.8 Å². The molecule has 4 nitrogen and oxygen atoms in total. The Labute approximate surface area is 114 Å². The summed E-state index contributed by atoms with van der Waals surface area (Å²) in [6.07, 6.45) is 2.58. The smallest absolute Gasteiger partial charge is 0.227 e. The van der Waals surface area contributed by atoms with Crippen LogP contribution in [0.4, 0.5) is 0 Å². The van der Waals surface area contributed by atoms with Crippen LogP contribution >= 0.6 is 15.9 Å². The average Bonchev–Trinajstić information content (AvgIpc) is 2.70. The van der Waals surface area contributed by atoms with Crippen LogP contribution in [-0.4, -0.2) is 24.1 Å². The van der Waals surface area contributed by atoms with Gasteiger partial charge >= 0.3 is 0 Å². The maximum absolute atomic E-state index is 11.6. The summed E-state index contributed by atoms with van der Waals surface area (Å²) in [5.41, 5.74) is 7.54. The van der Waals surface area contributed by atoms with Gasteiger partial charge in [-0.25, -0.2) is 0 Å². The Morgan fingerprint density at radius 3 is 2.78 bits per heavy atom. The third-order valence-electron chi connectivity index (χ3n) is 2.92. The van der Waals surface area contributed by atoms with Gasteiger partial charge in [-0.3, -0.25) is 9.36 Å². The second kappa shape index (κ2) is 5.12. The fourth-order valence-corrected chi connectivity index (χ4v) is 2.86. The number of methoxy groups -OCH3 is 1. The van der Waals surface area contributed by atoms with Gasteiger partial charge in [0.2, 0.25) is 5.91 Å². The topological polar surface area (TPSA) is 57.2 Å². The Morgan fingerprint density at radius 1 is 1.50 bits per heavy atom. The number of aromatic nitrogens is 1. The molecule has 2 N–H and O–H groups in total. The minimum absolute atomic E-state index is 0.0136. The molecule has 0 aliphatic carbocycles. The Morgan fingerprint density at radius 2 is 2.22 bits per heavy atom. The quantitative estimate of drug-likeness (QED) is 0.948. The third-order valence-corrected chi connectivity index (χ3v) is 3.71. The van der Waals surface area contributed by atoms with Gasteiger partial charge in [0.15, 0.2) is 0 Å². The van der Waals surface area contributed by atoms with E-state index in [1.807, 2.05) is 18.3 Å². The third kappa shape index (κ3) is 2.04. The number of fused-ring (bicyclic) bond motifs is 1. The van der Waals surface area contributed by atoms with Crippen molar-refractivity contribution < 1.29 is 9.53 Å². The summed E-state index contributed by atoms with van der Waals surface area (Å²) in [4.78, 5) is 11.6. The van der Waals surface area contributed by atoms with Crippen molar-refractivity contribution in [2.75, 3.05) is 13.7 Å². The number of benzene rings is 1. The largest absolute Gasteiger partial charge is 0.496 e. The first-order chi connectivity index (χ1) is 8.60. The molecule has 0 spiro atoms. The molecule has 2 aromatic rings. The van der Waals surface area contributed by atoms with Crippen molar-refractivity contribution in [3.8, 4) is 5.75 Å². The molecule has 0 aliphatic rings. The predicted molar refractivity (Wildman–Crippen MR) is 75.2 cm³/mol. The maximum Gasteiger partial charge on any atom is 0.227 e. The van der Waals surface area contributed by atoms with Gasteiger partial charge in [0, 0.05) is 18.5 Å². The molecule has 0 unspecified atom stereocenters. The molecule has 18 heavy (non-hydrogen) atoms. The van der Waals surface area contributed by atoms with Gasteiger partial charge in [-0.05, 0) is 46.6 Å². The second-order valence-electron chi connectivity index (χ2n) is 4.06. The van der Waals surface area contributed by atoms with Crippen LogP contribution in [-0.2, 0) is 6.42 Å². The Kier molecular flexibility index (Phi) is 3.73. The van der Waals surface area contributed by atoms with Gasteiger partial charge in [0.25, 0.3) is 0 Å². The van der Waals surface area contributed by atoms with Crippen LogP contribution in [0.3, 0.4) is 0 Å². The molecule has 0 amide bonds. The van der Waals surface area contributed by atoms with Gasteiger partial charge in [-0.1, -0.05) is 0 Å². The molecule has 0 atom stereocenters. The van der Waals surface area contributed by atoms with E-state index in [1.54, 1.807) is 18.6 Å². The first-order valence-corrected chi connectivity index (χ1v) is 6.47. The lowest BCUT2D eigenvalue weighted by atomic mass is 10.1. The highest BCUT2D eigenvalue weighted by Gasteiger charge is 2.15. The lowest BCUT2D eigenvalue weighted by Crippen LogP contribution is -2.04. The van der Waals surface area contributed by atoms with Crippen molar-refractivity contribution >= 4 is 32.7 Å². The summed E-state index contributed by atoms with van der Waals surface area (Å²) in [5, 5.41) is 0.995. The number of carbonyl (C=O) groups is 1. The van der Waals surface area contributed by atoms with E-state index in [9.17, 15) is 4.79 Å². The van der Waals surface area contributed by atoms with Gasteiger partial charge < -0.3 is 10.5 Å². The van der Waals surface area contributed by atoms with E-state index in [1.165, 1.54) is 0 Å². The highest BCUT2D eigenvalue weighted by atomic mass is 79.9. The van der Waals surface area contributed by atoms with Crippen molar-refractivity contribution in [1.82, 2.24) is 4.57 Å². The number of hydrogen-bond acceptors (Lipinski definition) is 3. The molecule has 0 bridgehead atoms. The van der Waals surface area contributed by atoms with Crippen LogP contribution in [0.5, 0.6) is 5.75 Å². The summed E-state index contributed by atoms with van der Waals surface area (Å²) in [5.74, 6) is 0.738. The fourth-order valence-electron chi connectivity index (χ4n) is 2.11. The molecule has 1 aromatic heterocycles. The number of carbonyl (C=O) groups excluding carboxylic acids is 1. The van der Waals surface area contributed by atoms with Crippen molar-refractivity contribution in [1.29, 1.82) is 0 Å². The van der Waals surface area contributed by atoms with Gasteiger partial charge in [-0.2, -0.15) is 0 Å². The predicted octanol–water partition coefficient (Wildman–Crippen LogP) is 2.57. The highest BCUT2D eigenvalue weighted by Crippen LogP contribution is 2.36. The van der Waals surface area contributed by atoms with E-state index < -0.39 is 0 Å². The Hall–Kier alpha value is -1.33. The van der Waals surface area contributed by atoms with Gasteiger partial charge in [0.1, 0.15) is 5.75 Å². The summed E-state index contributed by atoms with van der Waals surface area (Å²) in [6.45, 7) is 2.09. The van der Waals surface area contributed by atoms with Crippen LogP contribution in [0, 0.1) is 0 Å². The van der Waals surface area contributed by atoms with Crippen LogP contribution in [0.25, 0.3) is 10.9 Å². The standard InChI is InChI=1S/C13H15BrN2O2/c1-8(17)16-7-9(5-6-15)12-10(16)3-4-11(18-2)13(12)14/h3-4,7H,5-6,15H2,1-2H3. The highest BCUT2D eigenvalue weighted by molar-refractivity contribution is 9.10. The van der Waals surface area contributed by atoms with E-state index in [0.717, 1.165) is 33.1 Å². The van der Waals surface area contributed by atoms with E-state index in [0.29, 0.717) is 6.54 Å². The van der Waals surface area contributed by atoms with Crippen LogP contribution in [0.1, 0.15) is 17.3 Å². The number of hydrogen-bond donors (Lipinski definition) is 1. The number of rotatable bonds is 3. The summed E-state index contributed by atoms with van der Waals surface area (Å²) >= 11 is 3.53. The van der Waals surface area contributed by atoms with E-state index in [2.05, 4.69) is 15.9 Å². The van der Waals surface area contributed by atoms with E-state index >= 15 is 0 Å². The van der Waals surface area contributed by atoms with Gasteiger partial charge in [-0.15, -0.1) is 0 Å². The molecule has 1 aromatic carbocycles. The molecule has 0 radical (unpaired) electrons. The van der Waals surface area contributed by atoms with E-state index in [-0.39, 0.29) is 5.91 Å². The number of nitrogens with two attached hydrogens (primary N) is 1. The van der Waals surface area contributed by atoms with Gasteiger partial charge in [0.05, 0.1) is 17.1 Å². The molecule has 0 fully saturated rings. The van der Waals surface area contributed by atoms with Crippen LogP contribution in [0.2, 0.25) is 0 Å². The first-order valence-electron chi connectivity index (χ1n) is 5.67. The van der Waals surface area contributed by atoms with Crippen LogP contribution < -0.4 is 10.5 Å². The molecule has 2 rings (SSSR count). The fraction of sp³-hybridized carbons (Fsp3) is 0.308. The number of halogens is 1. The monoisotopic (exact) mass is 310 g/mol. The van der Waals surface area contributed by atoms with Crippen molar-refractivity contribution in [2.45, 2.75) is 13.3 Å². The summed E-state index contributed by atoms with van der Waals surface area (Å²) in [7, 11) is 1.62. The van der Waals surface area contributed by atoms with Crippen molar-refractivity contribution in [3.05, 3.63) is 28.4 Å². The average molecular weight is 311 g/mol. The Bertz CT molecular complexity index is 605. The lowest BCUT2D eigenvalue weighted by molar-refractivity contribution is 0.0941. The molecule has 96 valence electrons. The lowest BCUT2D eigenvalue weighted by Gasteiger charge is -2.06. The normalized spacial score (nSPS) is 10.9. The molecule has 0 saturated carbocycles. The number of nitrogens with zero attached hydrogens (tertiary/aromatic N) is 1. The second-order valence-corrected chi connectivity index (χ2v) is 4.85. The van der Waals surface area contributed by atoms with Crippen molar-refractivity contribution in [3.63, 3.8) is 0 Å². The zero-order valence-electron chi connectivity index (χ0n) is 10.4. The SMILES string of the molecule is COc1ccc2c(c(CCN)cn2C(C)=O)c1Br. The summed E-state index contributed by atoms with van der Waals surface area (Å²) in [6, 6.07) is 3.73. The van der Waals surface area contributed by atoms with E-state index in [4.69, 9.17) is 10.5 Å². The minimum Gasteiger partial charge on any atom is -0.496 e. The molecule has 1 heterocycles. The molecule has 0 saturated heterocycles. The summed E-state index contributed by atoms with van der Waals surface area (Å²) < 4.78 is 7.79. The van der Waals surface area contributed by atoms with Crippen molar-refractivity contribution in [2.24, 2.45) is 5.73 Å². The Balaban J connectivity index is 2.78. The molecule has 5 heteroatoms. The molecular formula is C13H15BrN2O2. The zero-order chi connectivity index (χ0) is 13.3. The molecule has 0 aliphatic heterocycles. The zero-order valence-corrected chi connectivity index (χ0v) is 12.0. The molecular weight excluding hydrogens is 296 g/mol. The first kappa shape index (κ1) is 13.1. The number of ether oxygens (including phenoxy) is 1. The maximum atomic E-state index is 11.6. The minimum atomic E-state index is -0.0136.